The highest BCUT2D eigenvalue weighted by Gasteiger charge is 2.25. The van der Waals surface area contributed by atoms with Crippen LogP contribution in [0.25, 0.3) is 0 Å². The molecule has 124 valence electrons. The maximum Gasteiger partial charge on any atom is 0.264 e. The van der Waals surface area contributed by atoms with Crippen LogP contribution in [-0.2, 0) is 30.4 Å². The third-order valence-corrected chi connectivity index (χ3v) is 3.20. The Morgan fingerprint density at radius 1 is 1.23 bits per heavy atom. The first-order valence-corrected chi connectivity index (χ1v) is 8.73. The van der Waals surface area contributed by atoms with Crippen LogP contribution >= 0.6 is 0 Å². The van der Waals surface area contributed by atoms with Crippen LogP contribution in [0.5, 0.6) is 0 Å². The summed E-state index contributed by atoms with van der Waals surface area (Å²) in [6.07, 6.45) is 1.94. The number of carbonyl (C=O) groups excluding carboxylic acids is 1. The molecule has 0 aliphatic carbocycles. The molecule has 1 aromatic carbocycles. The van der Waals surface area contributed by atoms with Gasteiger partial charge in [-0.2, -0.15) is 8.42 Å². The van der Waals surface area contributed by atoms with Crippen LogP contribution in [0.1, 0.15) is 26.3 Å². The van der Waals surface area contributed by atoms with Crippen LogP contribution in [0.4, 0.5) is 0 Å². The molecule has 0 N–H and O–H groups in total. The van der Waals surface area contributed by atoms with Gasteiger partial charge in [0.1, 0.15) is 0 Å². The number of nitrogens with zero attached hydrogens (tertiary/aromatic N) is 1. The monoisotopic (exact) mass is 329 g/mol. The maximum atomic E-state index is 11.3. The molecular formula is C15H23NO5S. The van der Waals surface area contributed by atoms with Gasteiger partial charge < -0.3 is 0 Å². The normalized spacial score (nSPS) is 13.6. The largest absolute Gasteiger partial charge is 0.276 e. The summed E-state index contributed by atoms with van der Waals surface area (Å²) < 4.78 is 27.3. The van der Waals surface area contributed by atoms with Gasteiger partial charge in [-0.25, -0.2) is 5.06 Å². The van der Waals surface area contributed by atoms with Crippen molar-refractivity contribution in [3.63, 3.8) is 0 Å². The van der Waals surface area contributed by atoms with Crippen molar-refractivity contribution in [2.24, 2.45) is 0 Å². The standard InChI is InChI=1S/C15H23NO5S/c1-15(2,3)21-16(12-17)14(11-20-22(4,18)19)10-13-8-6-5-7-9-13/h5-9,12,14H,10-11H2,1-4H3. The van der Waals surface area contributed by atoms with Crippen molar-refractivity contribution in [3.8, 4) is 0 Å². The summed E-state index contributed by atoms with van der Waals surface area (Å²) in [5.74, 6) is 0. The van der Waals surface area contributed by atoms with Crippen molar-refractivity contribution in [2.75, 3.05) is 12.9 Å². The quantitative estimate of drug-likeness (QED) is 0.413. The van der Waals surface area contributed by atoms with Crippen molar-refractivity contribution >= 4 is 16.5 Å². The number of hydrogen-bond acceptors (Lipinski definition) is 5. The Hall–Kier alpha value is -1.44. The molecule has 22 heavy (non-hydrogen) atoms. The van der Waals surface area contributed by atoms with Gasteiger partial charge in [-0.15, -0.1) is 0 Å². The first kappa shape index (κ1) is 18.6. The Bertz CT molecular complexity index is 565. The zero-order valence-corrected chi connectivity index (χ0v) is 14.2. The second kappa shape index (κ2) is 7.71. The molecule has 0 aliphatic rings. The summed E-state index contributed by atoms with van der Waals surface area (Å²) in [7, 11) is -3.60. The van der Waals surface area contributed by atoms with Gasteiger partial charge in [0.15, 0.2) is 0 Å². The van der Waals surface area contributed by atoms with E-state index in [0.29, 0.717) is 12.8 Å². The van der Waals surface area contributed by atoms with Crippen LogP contribution in [0.2, 0.25) is 0 Å². The molecule has 1 rings (SSSR count). The zero-order chi connectivity index (χ0) is 16.8. The summed E-state index contributed by atoms with van der Waals surface area (Å²) in [5, 5.41) is 1.12. The molecule has 0 aromatic heterocycles. The number of benzene rings is 1. The maximum absolute atomic E-state index is 11.3. The average molecular weight is 329 g/mol. The molecule has 1 aromatic rings. The summed E-state index contributed by atoms with van der Waals surface area (Å²) >= 11 is 0. The molecular weight excluding hydrogens is 306 g/mol. The Balaban J connectivity index is 2.90. The first-order chi connectivity index (χ1) is 10.1. The average Bonchev–Trinajstić information content (AvgIpc) is 2.40. The highest BCUT2D eigenvalue weighted by molar-refractivity contribution is 7.85. The van der Waals surface area contributed by atoms with E-state index < -0.39 is 21.8 Å². The van der Waals surface area contributed by atoms with Crippen molar-refractivity contribution < 1.29 is 22.2 Å². The van der Waals surface area contributed by atoms with Crippen LogP contribution in [0.15, 0.2) is 30.3 Å². The van der Waals surface area contributed by atoms with Gasteiger partial charge in [-0.3, -0.25) is 13.8 Å². The Morgan fingerprint density at radius 3 is 2.27 bits per heavy atom. The van der Waals surface area contributed by atoms with Crippen molar-refractivity contribution in [1.29, 1.82) is 0 Å². The van der Waals surface area contributed by atoms with Gasteiger partial charge in [0.2, 0.25) is 6.41 Å². The van der Waals surface area contributed by atoms with Crippen molar-refractivity contribution in [2.45, 2.75) is 38.8 Å². The van der Waals surface area contributed by atoms with Gasteiger partial charge in [0.25, 0.3) is 10.1 Å². The molecule has 0 saturated carbocycles. The van der Waals surface area contributed by atoms with E-state index in [1.165, 1.54) is 0 Å². The minimum absolute atomic E-state index is 0.164. The van der Waals surface area contributed by atoms with Gasteiger partial charge in [0.05, 0.1) is 24.5 Å². The Kier molecular flexibility index (Phi) is 6.52. The number of hydrogen-bond donors (Lipinski definition) is 0. The van der Waals surface area contributed by atoms with Gasteiger partial charge in [-0.05, 0) is 32.8 Å². The fraction of sp³-hybridized carbons (Fsp3) is 0.533. The number of carbonyl (C=O) groups is 1. The molecule has 0 fully saturated rings. The molecule has 0 spiro atoms. The van der Waals surface area contributed by atoms with Crippen LogP contribution < -0.4 is 0 Å². The second-order valence-corrected chi connectivity index (χ2v) is 7.65. The van der Waals surface area contributed by atoms with E-state index in [1.807, 2.05) is 30.3 Å². The summed E-state index contributed by atoms with van der Waals surface area (Å²) in [6, 6.07) is 8.88. The second-order valence-electron chi connectivity index (χ2n) is 6.00. The smallest absolute Gasteiger partial charge is 0.264 e. The van der Waals surface area contributed by atoms with Crippen LogP contribution in [0.3, 0.4) is 0 Å². The van der Waals surface area contributed by atoms with Crippen molar-refractivity contribution in [1.82, 2.24) is 5.06 Å². The molecule has 1 atom stereocenters. The molecule has 0 heterocycles. The predicted molar refractivity (Wildman–Crippen MR) is 83.5 cm³/mol. The number of hydroxylamine groups is 2. The van der Waals surface area contributed by atoms with Gasteiger partial charge >= 0.3 is 0 Å². The highest BCUT2D eigenvalue weighted by Crippen LogP contribution is 2.15. The van der Waals surface area contributed by atoms with E-state index in [1.54, 1.807) is 20.8 Å². The lowest BCUT2D eigenvalue weighted by Gasteiger charge is -2.32. The number of rotatable bonds is 8. The van der Waals surface area contributed by atoms with E-state index in [0.717, 1.165) is 16.9 Å². The van der Waals surface area contributed by atoms with Crippen LogP contribution in [0, 0.1) is 0 Å². The lowest BCUT2D eigenvalue weighted by Crippen LogP contribution is -2.44. The summed E-state index contributed by atoms with van der Waals surface area (Å²) in [4.78, 5) is 16.9. The predicted octanol–water partition coefficient (Wildman–Crippen LogP) is 1.76. The van der Waals surface area contributed by atoms with E-state index >= 15 is 0 Å². The molecule has 7 heteroatoms. The third-order valence-electron chi connectivity index (χ3n) is 2.63. The Morgan fingerprint density at radius 2 is 1.82 bits per heavy atom. The minimum Gasteiger partial charge on any atom is -0.276 e. The van der Waals surface area contributed by atoms with Crippen LogP contribution in [-0.4, -0.2) is 44.4 Å². The number of amides is 1. The molecule has 1 amide bonds. The molecule has 1 unspecified atom stereocenters. The molecule has 0 aliphatic heterocycles. The fourth-order valence-corrected chi connectivity index (χ4v) is 2.21. The Labute approximate surface area is 132 Å². The molecule has 0 saturated heterocycles. The highest BCUT2D eigenvalue weighted by atomic mass is 32.2. The summed E-state index contributed by atoms with van der Waals surface area (Å²) in [5.41, 5.74) is 0.370. The van der Waals surface area contributed by atoms with Gasteiger partial charge in [0, 0.05) is 0 Å². The third kappa shape index (κ3) is 7.53. The zero-order valence-electron chi connectivity index (χ0n) is 13.4. The van der Waals surface area contributed by atoms with E-state index in [4.69, 9.17) is 9.02 Å². The van der Waals surface area contributed by atoms with Gasteiger partial charge in [-0.1, -0.05) is 30.3 Å². The van der Waals surface area contributed by atoms with Crippen molar-refractivity contribution in [3.05, 3.63) is 35.9 Å². The summed E-state index contributed by atoms with van der Waals surface area (Å²) in [6.45, 7) is 5.25. The molecule has 0 bridgehead atoms. The van der Waals surface area contributed by atoms with E-state index in [2.05, 4.69) is 0 Å². The molecule has 6 nitrogen and oxygen atoms in total. The molecule has 0 radical (unpaired) electrons. The first-order valence-electron chi connectivity index (χ1n) is 6.92. The lowest BCUT2D eigenvalue weighted by molar-refractivity contribution is -0.234. The van der Waals surface area contributed by atoms with E-state index in [-0.39, 0.29) is 6.61 Å². The topological polar surface area (TPSA) is 72.9 Å². The lowest BCUT2D eigenvalue weighted by atomic mass is 10.1. The fourth-order valence-electron chi connectivity index (χ4n) is 1.81. The van der Waals surface area contributed by atoms with E-state index in [9.17, 15) is 13.2 Å². The minimum atomic E-state index is -3.60. The SMILES string of the molecule is CC(C)(C)ON(C=O)C(COS(C)(=O)=O)Cc1ccccc1.